The van der Waals surface area contributed by atoms with E-state index in [0.29, 0.717) is 49.8 Å². The zero-order valence-corrected chi connectivity index (χ0v) is 19.9. The number of pyridine rings is 2. The molecule has 4 aromatic rings. The zero-order valence-electron chi connectivity index (χ0n) is 19.9. The number of hydrogen-bond acceptors (Lipinski definition) is 8. The second kappa shape index (κ2) is 10.5. The van der Waals surface area contributed by atoms with Gasteiger partial charge < -0.3 is 14.0 Å². The van der Waals surface area contributed by atoms with Crippen LogP contribution in [0.5, 0.6) is 5.75 Å². The van der Waals surface area contributed by atoms with Crippen molar-refractivity contribution in [2.45, 2.75) is 26.1 Å². The van der Waals surface area contributed by atoms with Crippen LogP contribution in [0.2, 0.25) is 0 Å². The second-order valence-electron chi connectivity index (χ2n) is 8.40. The van der Waals surface area contributed by atoms with Crippen molar-refractivity contribution in [3.63, 3.8) is 0 Å². The van der Waals surface area contributed by atoms with Crippen LogP contribution in [-0.4, -0.2) is 55.2 Å². The van der Waals surface area contributed by atoms with Gasteiger partial charge in [-0.2, -0.15) is 0 Å². The van der Waals surface area contributed by atoms with Gasteiger partial charge in [0.25, 0.3) is 5.56 Å². The maximum Gasteiger partial charge on any atom is 0.343 e. The van der Waals surface area contributed by atoms with E-state index in [-0.39, 0.29) is 17.9 Å². The van der Waals surface area contributed by atoms with Crippen LogP contribution in [0.3, 0.4) is 0 Å². The fourth-order valence-corrected chi connectivity index (χ4v) is 4.41. The Morgan fingerprint density at radius 1 is 1.03 bits per heavy atom. The highest BCUT2D eigenvalue weighted by Crippen LogP contribution is 2.25. The normalized spacial score (nSPS) is 13.6. The van der Waals surface area contributed by atoms with Crippen molar-refractivity contribution >= 4 is 5.97 Å². The van der Waals surface area contributed by atoms with Gasteiger partial charge in [0.1, 0.15) is 17.9 Å². The second-order valence-corrected chi connectivity index (χ2v) is 8.40. The average Bonchev–Trinajstić information content (AvgIpc) is 3.27. The first-order valence-electron chi connectivity index (χ1n) is 11.7. The minimum atomic E-state index is -0.521. The monoisotopic (exact) mass is 486 g/mol. The van der Waals surface area contributed by atoms with Crippen molar-refractivity contribution in [2.75, 3.05) is 20.2 Å². The summed E-state index contributed by atoms with van der Waals surface area (Å²) in [6.45, 7) is 2.60. The summed E-state index contributed by atoms with van der Waals surface area (Å²) >= 11 is 0. The van der Waals surface area contributed by atoms with Crippen molar-refractivity contribution in [3.8, 4) is 11.7 Å². The van der Waals surface area contributed by atoms with Crippen LogP contribution in [0, 0.1) is 0 Å². The molecule has 0 spiro atoms. The molecule has 184 valence electrons. The summed E-state index contributed by atoms with van der Waals surface area (Å²) in [4.78, 5) is 40.8. The molecule has 0 unspecified atom stereocenters. The van der Waals surface area contributed by atoms with E-state index in [9.17, 15) is 9.59 Å². The largest absolute Gasteiger partial charge is 0.488 e. The Bertz CT molecular complexity index is 1400. The molecule has 10 heteroatoms. The summed E-state index contributed by atoms with van der Waals surface area (Å²) in [5, 5.41) is 0. The molecule has 0 radical (unpaired) electrons. The lowest BCUT2D eigenvalue weighted by molar-refractivity contribution is 0.0592. The molecule has 5 rings (SSSR count). The van der Waals surface area contributed by atoms with Crippen LogP contribution in [0.4, 0.5) is 0 Å². The highest BCUT2D eigenvalue weighted by molar-refractivity contribution is 5.93. The molecule has 0 saturated carbocycles. The van der Waals surface area contributed by atoms with E-state index in [2.05, 4.69) is 19.9 Å². The van der Waals surface area contributed by atoms with Crippen LogP contribution >= 0.6 is 0 Å². The summed E-state index contributed by atoms with van der Waals surface area (Å²) < 4.78 is 14.6. The quantitative estimate of drug-likeness (QED) is 0.367. The summed E-state index contributed by atoms with van der Waals surface area (Å²) in [5.74, 6) is 0.321. The van der Waals surface area contributed by atoms with Gasteiger partial charge in [-0.05, 0) is 35.9 Å². The van der Waals surface area contributed by atoms with Gasteiger partial charge in [0.05, 0.1) is 7.11 Å². The van der Waals surface area contributed by atoms with Crippen LogP contribution in [-0.2, 0) is 30.9 Å². The third-order valence-corrected chi connectivity index (χ3v) is 6.21. The molecule has 5 heterocycles. The van der Waals surface area contributed by atoms with Crippen LogP contribution < -0.4 is 10.3 Å². The molecule has 0 amide bonds. The molecule has 0 fully saturated rings. The van der Waals surface area contributed by atoms with Gasteiger partial charge in [0.2, 0.25) is 5.95 Å². The lowest BCUT2D eigenvalue weighted by Crippen LogP contribution is -2.29. The van der Waals surface area contributed by atoms with Gasteiger partial charge in [0.15, 0.2) is 0 Å². The number of fused-ring (bicyclic) bond motifs is 1. The number of carbonyl (C=O) groups excluding carboxylic acids is 1. The van der Waals surface area contributed by atoms with Crippen LogP contribution in [0.1, 0.15) is 27.3 Å². The molecule has 0 aliphatic carbocycles. The average molecular weight is 487 g/mol. The minimum absolute atomic E-state index is 0.203. The number of rotatable bonds is 7. The number of carbonyl (C=O) groups is 1. The van der Waals surface area contributed by atoms with E-state index in [0.717, 1.165) is 11.3 Å². The number of nitrogens with zero attached hydrogens (tertiary/aromatic N) is 6. The standard InChI is InChI=1S/C26H26N6O4/c1-35-25(34)24-21-7-13-30(17-20-4-2-12-31(20)26-28-8-3-9-29-26)14-15-32(21)23(33)16-22(24)36-18-19-5-10-27-11-6-19/h2-6,8-12,16H,7,13-15,17-18H2,1H3. The zero-order chi connectivity index (χ0) is 24.9. The summed E-state index contributed by atoms with van der Waals surface area (Å²) in [6.07, 6.45) is 9.19. The SMILES string of the molecule is COC(=O)c1c(OCc2ccncc2)cc(=O)n2c1CCN(Cc1cccn1-c1ncccn1)CC2. The Hall–Kier alpha value is -4.31. The Morgan fingerprint density at radius 2 is 1.83 bits per heavy atom. The Kier molecular flexibility index (Phi) is 6.85. The first kappa shape index (κ1) is 23.4. The molecule has 0 atom stereocenters. The first-order chi connectivity index (χ1) is 17.6. The minimum Gasteiger partial charge on any atom is -0.488 e. The van der Waals surface area contributed by atoms with Crippen molar-refractivity contribution < 1.29 is 14.3 Å². The maximum absolute atomic E-state index is 13.1. The van der Waals surface area contributed by atoms with Gasteiger partial charge in [-0.15, -0.1) is 0 Å². The van der Waals surface area contributed by atoms with Gasteiger partial charge in [0, 0.05) is 81.0 Å². The molecular weight excluding hydrogens is 460 g/mol. The first-order valence-corrected chi connectivity index (χ1v) is 11.7. The molecular formula is C26H26N6O4. The summed E-state index contributed by atoms with van der Waals surface area (Å²) in [6, 6.07) is 10.8. The predicted molar refractivity (Wildman–Crippen MR) is 131 cm³/mol. The van der Waals surface area contributed by atoms with Gasteiger partial charge in [-0.1, -0.05) is 0 Å². The van der Waals surface area contributed by atoms with Gasteiger partial charge in [-0.25, -0.2) is 14.8 Å². The Morgan fingerprint density at radius 3 is 2.61 bits per heavy atom. The van der Waals surface area contributed by atoms with E-state index in [1.54, 1.807) is 35.4 Å². The molecule has 1 aliphatic heterocycles. The molecule has 1 aliphatic rings. The smallest absolute Gasteiger partial charge is 0.343 e. The molecule has 0 bridgehead atoms. The van der Waals surface area contributed by atoms with E-state index in [1.807, 2.05) is 35.0 Å². The Labute approximate surface area is 207 Å². The third kappa shape index (κ3) is 4.89. The van der Waals surface area contributed by atoms with E-state index < -0.39 is 5.97 Å². The lowest BCUT2D eigenvalue weighted by atomic mass is 10.1. The van der Waals surface area contributed by atoms with Gasteiger partial charge in [-0.3, -0.25) is 19.2 Å². The topological polar surface area (TPSA) is 104 Å². The van der Waals surface area contributed by atoms with Crippen molar-refractivity contribution in [1.82, 2.24) is 29.0 Å². The van der Waals surface area contributed by atoms with E-state index in [1.165, 1.54) is 13.2 Å². The predicted octanol–water partition coefficient (Wildman–Crippen LogP) is 2.25. The number of esters is 1. The number of ether oxygens (including phenoxy) is 2. The highest BCUT2D eigenvalue weighted by Gasteiger charge is 2.26. The fourth-order valence-electron chi connectivity index (χ4n) is 4.41. The van der Waals surface area contributed by atoms with E-state index >= 15 is 0 Å². The number of aromatic nitrogens is 5. The van der Waals surface area contributed by atoms with Gasteiger partial charge >= 0.3 is 5.97 Å². The molecule has 10 nitrogen and oxygen atoms in total. The molecule has 0 aromatic carbocycles. The summed E-state index contributed by atoms with van der Waals surface area (Å²) in [7, 11) is 1.33. The maximum atomic E-state index is 13.1. The fraction of sp³-hybridized carbons (Fsp3) is 0.269. The summed E-state index contributed by atoms with van der Waals surface area (Å²) in [5.41, 5.74) is 2.64. The van der Waals surface area contributed by atoms with E-state index in [4.69, 9.17) is 9.47 Å². The highest BCUT2D eigenvalue weighted by atomic mass is 16.5. The van der Waals surface area contributed by atoms with Crippen LogP contribution in [0.25, 0.3) is 5.95 Å². The van der Waals surface area contributed by atoms with Crippen molar-refractivity contribution in [1.29, 1.82) is 0 Å². The molecule has 4 aromatic heterocycles. The molecule has 0 saturated heterocycles. The molecule has 36 heavy (non-hydrogen) atoms. The van der Waals surface area contributed by atoms with Crippen LogP contribution in [0.15, 0.2) is 72.2 Å². The number of methoxy groups -OCH3 is 1. The number of hydrogen-bond donors (Lipinski definition) is 0. The van der Waals surface area contributed by atoms with Crippen molar-refractivity contribution in [2.24, 2.45) is 0 Å². The van der Waals surface area contributed by atoms with Crippen molar-refractivity contribution in [3.05, 3.63) is 100 Å². The molecule has 0 N–H and O–H groups in total. The third-order valence-electron chi connectivity index (χ3n) is 6.21. The lowest BCUT2D eigenvalue weighted by Gasteiger charge is -2.20. The Balaban J connectivity index is 1.40.